The van der Waals surface area contributed by atoms with Crippen molar-refractivity contribution in [2.75, 3.05) is 6.61 Å². The molecule has 0 aliphatic rings. The first-order valence-electron chi connectivity index (χ1n) is 5.72. The van der Waals surface area contributed by atoms with E-state index in [-0.39, 0.29) is 0 Å². The van der Waals surface area contributed by atoms with Gasteiger partial charge in [-0.1, -0.05) is 26.0 Å². The number of carbonyl (C=O) groups excluding carboxylic acids is 1. The quantitative estimate of drug-likeness (QED) is 0.383. The molecule has 1 unspecified atom stereocenters. The van der Waals surface area contributed by atoms with Crippen molar-refractivity contribution < 1.29 is 14.6 Å². The minimum absolute atomic E-state index is 0.413. The molecule has 0 aromatic rings. The Labute approximate surface area is 92.1 Å². The molecule has 0 radical (unpaired) electrons. The summed E-state index contributed by atoms with van der Waals surface area (Å²) >= 11 is 0. The van der Waals surface area contributed by atoms with E-state index >= 15 is 0 Å². The Balaban J connectivity index is 3.31. The summed E-state index contributed by atoms with van der Waals surface area (Å²) in [5, 5.41) is 9.11. The minimum Gasteiger partial charge on any atom is -0.464 e. The molecule has 3 heteroatoms. The molecule has 88 valence electrons. The summed E-state index contributed by atoms with van der Waals surface area (Å²) in [6, 6.07) is 0. The molecule has 0 saturated heterocycles. The predicted octanol–water partition coefficient (Wildman–Crippen LogP) is 2.44. The van der Waals surface area contributed by atoms with E-state index in [1.807, 2.05) is 0 Å². The zero-order chi connectivity index (χ0) is 11.5. The fraction of sp³-hybridized carbons (Fsp3) is 0.750. The van der Waals surface area contributed by atoms with Gasteiger partial charge in [0.05, 0.1) is 6.61 Å². The topological polar surface area (TPSA) is 46.5 Å². The molecular formula is C12H22O3. The van der Waals surface area contributed by atoms with E-state index in [0.29, 0.717) is 13.0 Å². The van der Waals surface area contributed by atoms with Gasteiger partial charge in [0, 0.05) is 0 Å². The van der Waals surface area contributed by atoms with Crippen molar-refractivity contribution in [1.82, 2.24) is 0 Å². The third kappa shape index (κ3) is 8.18. The molecule has 0 rings (SSSR count). The van der Waals surface area contributed by atoms with Gasteiger partial charge in [-0.3, -0.25) is 0 Å². The van der Waals surface area contributed by atoms with Gasteiger partial charge < -0.3 is 9.84 Å². The van der Waals surface area contributed by atoms with E-state index in [1.54, 1.807) is 6.92 Å². The standard InChI is InChI=1S/C12H22O3/c1-3-5-6-7-8-9-10-15-12(14)11(13)4-2/h5-6,11,13H,3-4,7-10H2,1-2H3/b6-5-. The van der Waals surface area contributed by atoms with Crippen LogP contribution in [0.4, 0.5) is 0 Å². The van der Waals surface area contributed by atoms with E-state index in [2.05, 4.69) is 19.1 Å². The molecule has 0 amide bonds. The number of ether oxygens (including phenoxy) is 1. The van der Waals surface area contributed by atoms with Crippen LogP contribution < -0.4 is 0 Å². The third-order valence-electron chi connectivity index (χ3n) is 2.07. The number of unbranched alkanes of at least 4 members (excludes halogenated alkanes) is 2. The maximum Gasteiger partial charge on any atom is 0.334 e. The molecule has 0 aliphatic carbocycles. The van der Waals surface area contributed by atoms with Crippen molar-refractivity contribution in [1.29, 1.82) is 0 Å². The molecule has 1 N–H and O–H groups in total. The van der Waals surface area contributed by atoms with Crippen LogP contribution in [-0.4, -0.2) is 23.8 Å². The second kappa shape index (κ2) is 9.71. The largest absolute Gasteiger partial charge is 0.464 e. The van der Waals surface area contributed by atoms with E-state index in [1.165, 1.54) is 0 Å². The first-order chi connectivity index (χ1) is 7.22. The molecule has 0 fully saturated rings. The van der Waals surface area contributed by atoms with Gasteiger partial charge in [0.2, 0.25) is 0 Å². The Morgan fingerprint density at radius 2 is 2.07 bits per heavy atom. The third-order valence-corrected chi connectivity index (χ3v) is 2.07. The first kappa shape index (κ1) is 14.2. The molecule has 0 aromatic carbocycles. The van der Waals surface area contributed by atoms with Crippen LogP contribution in [0.15, 0.2) is 12.2 Å². The number of hydrogen-bond acceptors (Lipinski definition) is 3. The molecule has 1 atom stereocenters. The summed E-state index contributed by atoms with van der Waals surface area (Å²) in [4.78, 5) is 11.0. The zero-order valence-electron chi connectivity index (χ0n) is 9.74. The van der Waals surface area contributed by atoms with Gasteiger partial charge >= 0.3 is 5.97 Å². The molecule has 3 nitrogen and oxygen atoms in total. The van der Waals surface area contributed by atoms with Crippen molar-refractivity contribution in [3.63, 3.8) is 0 Å². The van der Waals surface area contributed by atoms with Crippen molar-refractivity contribution in [3.8, 4) is 0 Å². The molecule has 0 spiro atoms. The fourth-order valence-corrected chi connectivity index (χ4v) is 1.08. The minimum atomic E-state index is -0.954. The van der Waals surface area contributed by atoms with Crippen LogP contribution in [-0.2, 0) is 9.53 Å². The Kier molecular flexibility index (Phi) is 9.18. The smallest absolute Gasteiger partial charge is 0.334 e. The van der Waals surface area contributed by atoms with Crippen LogP contribution in [0, 0.1) is 0 Å². The lowest BCUT2D eigenvalue weighted by Gasteiger charge is -2.07. The molecule has 0 bridgehead atoms. The average molecular weight is 214 g/mol. The lowest BCUT2D eigenvalue weighted by Crippen LogP contribution is -2.22. The molecule has 15 heavy (non-hydrogen) atoms. The summed E-state index contributed by atoms with van der Waals surface area (Å²) in [5.74, 6) is -0.499. The molecule has 0 aromatic heterocycles. The lowest BCUT2D eigenvalue weighted by molar-refractivity contribution is -0.153. The van der Waals surface area contributed by atoms with Crippen molar-refractivity contribution in [2.24, 2.45) is 0 Å². The highest BCUT2D eigenvalue weighted by Crippen LogP contribution is 2.00. The number of carbonyl (C=O) groups is 1. The van der Waals surface area contributed by atoms with Gasteiger partial charge in [0.25, 0.3) is 0 Å². The van der Waals surface area contributed by atoms with E-state index in [9.17, 15) is 4.79 Å². The summed E-state index contributed by atoms with van der Waals surface area (Å²) in [6.45, 7) is 4.27. The zero-order valence-corrected chi connectivity index (χ0v) is 9.74. The summed E-state index contributed by atoms with van der Waals surface area (Å²) in [6.07, 6.45) is 7.71. The number of allylic oxidation sites excluding steroid dienone is 2. The fourth-order valence-electron chi connectivity index (χ4n) is 1.08. The van der Waals surface area contributed by atoms with Gasteiger partial charge in [-0.05, 0) is 32.1 Å². The Hall–Kier alpha value is -0.830. The van der Waals surface area contributed by atoms with Crippen molar-refractivity contribution in [3.05, 3.63) is 12.2 Å². The van der Waals surface area contributed by atoms with Crippen LogP contribution in [0.1, 0.15) is 46.0 Å². The highest BCUT2D eigenvalue weighted by Gasteiger charge is 2.12. The summed E-state index contributed by atoms with van der Waals surface area (Å²) in [5.41, 5.74) is 0. The number of esters is 1. The predicted molar refractivity (Wildman–Crippen MR) is 60.5 cm³/mol. The van der Waals surface area contributed by atoms with E-state index < -0.39 is 12.1 Å². The van der Waals surface area contributed by atoms with Gasteiger partial charge in [-0.25, -0.2) is 4.79 Å². The summed E-state index contributed by atoms with van der Waals surface area (Å²) in [7, 11) is 0. The Morgan fingerprint density at radius 3 is 2.67 bits per heavy atom. The maximum atomic E-state index is 11.0. The Bertz CT molecular complexity index is 187. The van der Waals surface area contributed by atoms with E-state index in [0.717, 1.165) is 25.7 Å². The SMILES string of the molecule is CC/C=C\CCCCOC(=O)C(O)CC. The number of aliphatic hydroxyl groups excluding tert-OH is 1. The number of hydrogen-bond donors (Lipinski definition) is 1. The first-order valence-corrected chi connectivity index (χ1v) is 5.72. The lowest BCUT2D eigenvalue weighted by atomic mass is 10.2. The molecule has 0 saturated carbocycles. The molecular weight excluding hydrogens is 192 g/mol. The van der Waals surface area contributed by atoms with Crippen LogP contribution in [0.3, 0.4) is 0 Å². The van der Waals surface area contributed by atoms with Gasteiger partial charge in [-0.15, -0.1) is 0 Å². The van der Waals surface area contributed by atoms with Gasteiger partial charge in [-0.2, -0.15) is 0 Å². The second-order valence-corrected chi connectivity index (χ2v) is 3.47. The summed E-state index contributed by atoms with van der Waals surface area (Å²) < 4.78 is 4.89. The average Bonchev–Trinajstić information content (AvgIpc) is 2.26. The van der Waals surface area contributed by atoms with Crippen LogP contribution in [0.2, 0.25) is 0 Å². The number of aliphatic hydroxyl groups is 1. The Morgan fingerprint density at radius 1 is 1.33 bits per heavy atom. The highest BCUT2D eigenvalue weighted by molar-refractivity contribution is 5.74. The molecule has 0 heterocycles. The number of rotatable bonds is 8. The normalized spacial score (nSPS) is 13.0. The maximum absolute atomic E-state index is 11.0. The molecule has 0 aliphatic heterocycles. The monoisotopic (exact) mass is 214 g/mol. The van der Waals surface area contributed by atoms with Crippen molar-refractivity contribution in [2.45, 2.75) is 52.1 Å². The van der Waals surface area contributed by atoms with E-state index in [4.69, 9.17) is 9.84 Å². The second-order valence-electron chi connectivity index (χ2n) is 3.47. The van der Waals surface area contributed by atoms with Gasteiger partial charge in [0.1, 0.15) is 0 Å². The highest BCUT2D eigenvalue weighted by atomic mass is 16.5. The van der Waals surface area contributed by atoms with Crippen molar-refractivity contribution >= 4 is 5.97 Å². The van der Waals surface area contributed by atoms with Crippen LogP contribution >= 0.6 is 0 Å². The van der Waals surface area contributed by atoms with Gasteiger partial charge in [0.15, 0.2) is 6.10 Å². The van der Waals surface area contributed by atoms with Crippen LogP contribution in [0.25, 0.3) is 0 Å². The van der Waals surface area contributed by atoms with Crippen LogP contribution in [0.5, 0.6) is 0 Å².